The summed E-state index contributed by atoms with van der Waals surface area (Å²) in [5, 5.41) is 9.49. The molecule has 0 saturated heterocycles. The molecule has 0 radical (unpaired) electrons. The summed E-state index contributed by atoms with van der Waals surface area (Å²) >= 11 is 1.41. The summed E-state index contributed by atoms with van der Waals surface area (Å²) in [7, 11) is 0. The van der Waals surface area contributed by atoms with Crippen LogP contribution in [0.5, 0.6) is 0 Å². The smallest absolute Gasteiger partial charge is 0.196 e. The number of hydrogen-bond donors (Lipinski definition) is 1. The third kappa shape index (κ3) is 2.08. The molecular weight excluding hydrogens is 275 g/mol. The predicted octanol–water partition coefficient (Wildman–Crippen LogP) is 3.36. The normalized spacial score (nSPS) is 18.4. The molecule has 6 heteroatoms. The van der Waals surface area contributed by atoms with Crippen molar-refractivity contribution in [3.05, 3.63) is 29.8 Å². The second-order valence-corrected chi connectivity index (χ2v) is 6.48. The van der Waals surface area contributed by atoms with Crippen molar-refractivity contribution in [3.8, 4) is 0 Å². The number of rotatable bonds is 4. The van der Waals surface area contributed by atoms with Gasteiger partial charge in [0.25, 0.3) is 0 Å². The van der Waals surface area contributed by atoms with Gasteiger partial charge in [0.1, 0.15) is 11.6 Å². The first-order valence-electron chi connectivity index (χ1n) is 6.90. The Morgan fingerprint density at radius 1 is 1.20 bits per heavy atom. The molecule has 1 aromatic heterocycles. The van der Waals surface area contributed by atoms with Crippen molar-refractivity contribution in [2.24, 2.45) is 0 Å². The van der Waals surface area contributed by atoms with Gasteiger partial charge in [-0.3, -0.25) is 0 Å². The lowest BCUT2D eigenvalue weighted by Gasteiger charge is -2.09. The van der Waals surface area contributed by atoms with Crippen LogP contribution in [0.3, 0.4) is 0 Å². The minimum Gasteiger partial charge on any atom is -0.395 e. The fourth-order valence-corrected chi connectivity index (χ4v) is 3.33. The van der Waals surface area contributed by atoms with Crippen molar-refractivity contribution in [2.45, 2.75) is 47.7 Å². The highest BCUT2D eigenvalue weighted by atomic mass is 32.2. The van der Waals surface area contributed by atoms with E-state index in [0.717, 1.165) is 11.0 Å². The summed E-state index contributed by atoms with van der Waals surface area (Å²) in [5.74, 6) is 1.29. The zero-order valence-electron chi connectivity index (χ0n) is 10.9. The van der Waals surface area contributed by atoms with Crippen molar-refractivity contribution in [2.75, 3.05) is 5.73 Å². The molecule has 0 amide bonds. The number of nitrogens with zero attached hydrogens (tertiary/aromatic N) is 3. The largest absolute Gasteiger partial charge is 0.395 e. The Bertz CT molecular complexity index is 661. The Balaban J connectivity index is 1.70. The van der Waals surface area contributed by atoms with E-state index >= 15 is 0 Å². The summed E-state index contributed by atoms with van der Waals surface area (Å²) in [6, 6.07) is 5.40. The van der Waals surface area contributed by atoms with E-state index in [9.17, 15) is 4.39 Å². The molecule has 1 heterocycles. The molecule has 2 aliphatic rings. The van der Waals surface area contributed by atoms with Crippen LogP contribution in [0.15, 0.2) is 28.3 Å². The van der Waals surface area contributed by atoms with Gasteiger partial charge in [-0.1, -0.05) is 6.07 Å². The van der Waals surface area contributed by atoms with E-state index in [1.54, 1.807) is 6.07 Å². The van der Waals surface area contributed by atoms with Gasteiger partial charge < -0.3 is 10.3 Å². The van der Waals surface area contributed by atoms with E-state index in [1.807, 2.05) is 6.07 Å². The van der Waals surface area contributed by atoms with Crippen LogP contribution in [0, 0.1) is 5.82 Å². The summed E-state index contributed by atoms with van der Waals surface area (Å²) in [6.07, 6.45) is 4.78. The fraction of sp³-hybridized carbons (Fsp3) is 0.429. The van der Waals surface area contributed by atoms with Crippen molar-refractivity contribution >= 4 is 17.4 Å². The minimum absolute atomic E-state index is 0.191. The summed E-state index contributed by atoms with van der Waals surface area (Å²) in [6.45, 7) is 0. The molecule has 0 spiro atoms. The molecule has 0 bridgehead atoms. The minimum atomic E-state index is -0.380. The highest BCUT2D eigenvalue weighted by Crippen LogP contribution is 2.47. The molecule has 20 heavy (non-hydrogen) atoms. The Hall–Kier alpha value is -1.56. The number of nitrogens with two attached hydrogens (primary N) is 1. The fourth-order valence-electron chi connectivity index (χ4n) is 2.36. The first-order chi connectivity index (χ1) is 9.74. The number of halogens is 1. The van der Waals surface area contributed by atoms with E-state index in [-0.39, 0.29) is 11.5 Å². The number of hydrogen-bond acceptors (Lipinski definition) is 4. The quantitative estimate of drug-likeness (QED) is 0.877. The van der Waals surface area contributed by atoms with Crippen LogP contribution in [0.2, 0.25) is 0 Å². The Morgan fingerprint density at radius 3 is 2.70 bits per heavy atom. The average molecular weight is 290 g/mol. The summed E-state index contributed by atoms with van der Waals surface area (Å²) in [4.78, 5) is 0.710. The van der Waals surface area contributed by atoms with Gasteiger partial charge in [-0.05, 0) is 49.6 Å². The number of benzene rings is 1. The molecule has 2 N–H and O–H groups in total. The monoisotopic (exact) mass is 290 g/mol. The molecule has 0 unspecified atom stereocenters. The molecular formula is C14H15FN4S. The van der Waals surface area contributed by atoms with Crippen molar-refractivity contribution in [1.29, 1.82) is 0 Å². The van der Waals surface area contributed by atoms with Gasteiger partial charge in [-0.25, -0.2) is 4.39 Å². The molecule has 0 atom stereocenters. The second-order valence-electron chi connectivity index (χ2n) is 5.47. The van der Waals surface area contributed by atoms with E-state index < -0.39 is 0 Å². The second kappa shape index (κ2) is 4.48. The molecule has 104 valence electrons. The van der Waals surface area contributed by atoms with E-state index in [4.69, 9.17) is 5.73 Å². The highest BCUT2D eigenvalue weighted by Gasteiger charge is 2.36. The predicted molar refractivity (Wildman–Crippen MR) is 75.2 cm³/mol. The van der Waals surface area contributed by atoms with Gasteiger partial charge in [0.15, 0.2) is 5.16 Å². The standard InChI is InChI=1S/C14H15FN4S/c15-10-2-1-3-11(12(10)16)20-14-18-17-13(8-4-5-8)19(14)9-6-7-9/h1-3,8-9H,4-7,16H2. The first kappa shape index (κ1) is 12.2. The van der Waals surface area contributed by atoms with Crippen LogP contribution >= 0.6 is 11.8 Å². The zero-order valence-corrected chi connectivity index (χ0v) is 11.7. The van der Waals surface area contributed by atoms with Crippen molar-refractivity contribution in [1.82, 2.24) is 14.8 Å². The van der Waals surface area contributed by atoms with Crippen molar-refractivity contribution in [3.63, 3.8) is 0 Å². The Labute approximate surface area is 120 Å². The van der Waals surface area contributed by atoms with Crippen LogP contribution in [-0.4, -0.2) is 14.8 Å². The Morgan fingerprint density at radius 2 is 2.00 bits per heavy atom. The first-order valence-corrected chi connectivity index (χ1v) is 7.72. The number of aromatic nitrogens is 3. The van der Waals surface area contributed by atoms with Crippen LogP contribution < -0.4 is 5.73 Å². The summed E-state index contributed by atoms with van der Waals surface area (Å²) < 4.78 is 15.8. The molecule has 0 aliphatic heterocycles. The molecule has 1 aromatic carbocycles. The number of nitrogen functional groups attached to an aromatic ring is 1. The third-order valence-corrected chi connectivity index (χ3v) is 4.80. The lowest BCUT2D eigenvalue weighted by Crippen LogP contribution is -2.02. The van der Waals surface area contributed by atoms with Gasteiger partial charge >= 0.3 is 0 Å². The van der Waals surface area contributed by atoms with E-state index in [0.29, 0.717) is 16.9 Å². The maximum absolute atomic E-state index is 13.5. The highest BCUT2D eigenvalue weighted by molar-refractivity contribution is 7.99. The molecule has 2 aliphatic carbocycles. The molecule has 2 aromatic rings. The Kier molecular flexibility index (Phi) is 2.73. The van der Waals surface area contributed by atoms with Crippen LogP contribution in [0.25, 0.3) is 0 Å². The molecule has 4 nitrogen and oxygen atoms in total. The lowest BCUT2D eigenvalue weighted by molar-refractivity contribution is 0.624. The van der Waals surface area contributed by atoms with Gasteiger partial charge in [0, 0.05) is 16.9 Å². The SMILES string of the molecule is Nc1c(F)cccc1Sc1nnc(C2CC2)n1C1CC1. The summed E-state index contributed by atoms with van der Waals surface area (Å²) in [5.41, 5.74) is 5.99. The molecule has 4 rings (SSSR count). The van der Waals surface area contributed by atoms with Gasteiger partial charge in [-0.2, -0.15) is 0 Å². The van der Waals surface area contributed by atoms with Crippen LogP contribution in [0.1, 0.15) is 43.5 Å². The van der Waals surface area contributed by atoms with Crippen LogP contribution in [-0.2, 0) is 0 Å². The number of para-hydroxylation sites is 1. The van der Waals surface area contributed by atoms with Gasteiger partial charge in [0.2, 0.25) is 0 Å². The maximum Gasteiger partial charge on any atom is 0.196 e. The topological polar surface area (TPSA) is 56.7 Å². The lowest BCUT2D eigenvalue weighted by atomic mass is 10.3. The molecule has 2 fully saturated rings. The van der Waals surface area contributed by atoms with Crippen molar-refractivity contribution < 1.29 is 4.39 Å². The van der Waals surface area contributed by atoms with Crippen LogP contribution in [0.4, 0.5) is 10.1 Å². The molecule has 2 saturated carbocycles. The van der Waals surface area contributed by atoms with Gasteiger partial charge in [-0.15, -0.1) is 10.2 Å². The maximum atomic E-state index is 13.5. The van der Waals surface area contributed by atoms with E-state index in [2.05, 4.69) is 14.8 Å². The van der Waals surface area contributed by atoms with E-state index in [1.165, 1.54) is 43.5 Å². The zero-order chi connectivity index (χ0) is 13.7. The van der Waals surface area contributed by atoms with Gasteiger partial charge in [0.05, 0.1) is 5.69 Å². The third-order valence-electron chi connectivity index (χ3n) is 3.76. The number of anilines is 1. The average Bonchev–Trinajstić information content (AvgIpc) is 3.34.